The molecule has 0 fully saturated rings. The van der Waals surface area contributed by atoms with Crippen LogP contribution in [0.5, 0.6) is 11.5 Å². The molecule has 5 nitrogen and oxygen atoms in total. The molecule has 32 heavy (non-hydrogen) atoms. The maximum absolute atomic E-state index is 12.3. The first kappa shape index (κ1) is 24.5. The van der Waals surface area contributed by atoms with Crippen molar-refractivity contribution in [1.29, 1.82) is 0 Å². The molecule has 3 rings (SSSR count). The number of carbonyl (C=O) groups excluding carboxylic acids is 1. The molecule has 0 spiro atoms. The number of hydrogen-bond donors (Lipinski definition) is 2. The van der Waals surface area contributed by atoms with E-state index in [-0.39, 0.29) is 12.5 Å². The van der Waals surface area contributed by atoms with Crippen LogP contribution >= 0.6 is 45.8 Å². The summed E-state index contributed by atoms with van der Waals surface area (Å²) in [5.41, 5.74) is 4.65. The number of methoxy groups -OCH3 is 1. The number of amides is 1. The van der Waals surface area contributed by atoms with Gasteiger partial charge in [-0.1, -0.05) is 35.3 Å². The Morgan fingerprint density at radius 2 is 1.78 bits per heavy atom. The zero-order chi connectivity index (χ0) is 23.3. The molecule has 2 N–H and O–H groups in total. The molecule has 0 atom stereocenters. The van der Waals surface area contributed by atoms with Gasteiger partial charge in [-0.3, -0.25) is 4.79 Å². The van der Waals surface area contributed by atoms with Gasteiger partial charge in [0.1, 0.15) is 0 Å². The van der Waals surface area contributed by atoms with Crippen LogP contribution in [0.25, 0.3) is 0 Å². The van der Waals surface area contributed by atoms with Gasteiger partial charge in [0.15, 0.2) is 18.1 Å². The highest BCUT2D eigenvalue weighted by Crippen LogP contribution is 2.34. The van der Waals surface area contributed by atoms with Gasteiger partial charge >= 0.3 is 0 Å². The van der Waals surface area contributed by atoms with E-state index in [1.807, 2.05) is 50.2 Å². The average Bonchev–Trinajstić information content (AvgIpc) is 2.75. The lowest BCUT2D eigenvalue weighted by atomic mass is 10.1. The van der Waals surface area contributed by atoms with Gasteiger partial charge in [-0.05, 0) is 89.5 Å². The molecule has 1 amide bonds. The third-order valence-corrected chi connectivity index (χ3v) is 6.22. The highest BCUT2D eigenvalue weighted by Gasteiger charge is 2.14. The molecule has 0 saturated heterocycles. The standard InChI is InChI=1S/C24H23Cl2IN2O3/c1-14-5-7-18(11-19(14)26)29-23(30)13-32-24-20(27)8-16(9-22(24)31-3)12-28-21-10-17(25)6-4-15(21)2/h4-11,28H,12-13H2,1-3H3,(H,29,30). The number of aryl methyl sites for hydroxylation is 2. The lowest BCUT2D eigenvalue weighted by molar-refractivity contribution is -0.118. The molecule has 8 heteroatoms. The molecular weight excluding hydrogens is 562 g/mol. The van der Waals surface area contributed by atoms with Gasteiger partial charge in [0.05, 0.1) is 10.7 Å². The van der Waals surface area contributed by atoms with E-state index >= 15 is 0 Å². The molecule has 0 aromatic heterocycles. The second kappa shape index (κ2) is 11.1. The van der Waals surface area contributed by atoms with E-state index in [1.165, 1.54) is 0 Å². The van der Waals surface area contributed by atoms with Gasteiger partial charge in [0.2, 0.25) is 0 Å². The van der Waals surface area contributed by atoms with Crippen molar-refractivity contribution in [3.8, 4) is 11.5 Å². The van der Waals surface area contributed by atoms with E-state index in [0.29, 0.717) is 33.8 Å². The zero-order valence-corrected chi connectivity index (χ0v) is 21.6. The first-order chi connectivity index (χ1) is 15.3. The van der Waals surface area contributed by atoms with Crippen molar-refractivity contribution < 1.29 is 14.3 Å². The van der Waals surface area contributed by atoms with Crippen LogP contribution in [0.2, 0.25) is 10.0 Å². The van der Waals surface area contributed by atoms with E-state index in [2.05, 4.69) is 33.2 Å². The second-order valence-electron chi connectivity index (χ2n) is 7.22. The smallest absolute Gasteiger partial charge is 0.262 e. The third-order valence-electron chi connectivity index (χ3n) is 4.78. The average molecular weight is 585 g/mol. The molecule has 3 aromatic carbocycles. The molecule has 3 aromatic rings. The Bertz CT molecular complexity index is 1140. The molecule has 0 aliphatic rings. The van der Waals surface area contributed by atoms with Crippen molar-refractivity contribution in [2.45, 2.75) is 20.4 Å². The van der Waals surface area contributed by atoms with E-state index < -0.39 is 0 Å². The Balaban J connectivity index is 1.66. The summed E-state index contributed by atoms with van der Waals surface area (Å²) in [6.07, 6.45) is 0. The predicted molar refractivity (Wildman–Crippen MR) is 140 cm³/mol. The lowest BCUT2D eigenvalue weighted by Crippen LogP contribution is -2.20. The number of rotatable bonds is 8. The van der Waals surface area contributed by atoms with Crippen LogP contribution < -0.4 is 20.1 Å². The van der Waals surface area contributed by atoms with Crippen molar-refractivity contribution in [2.75, 3.05) is 24.4 Å². The maximum Gasteiger partial charge on any atom is 0.262 e. The van der Waals surface area contributed by atoms with E-state index in [1.54, 1.807) is 19.2 Å². The predicted octanol–water partition coefficient (Wildman–Crippen LogP) is 6.85. The summed E-state index contributed by atoms with van der Waals surface area (Å²) in [7, 11) is 1.57. The van der Waals surface area contributed by atoms with Crippen LogP contribution in [0.15, 0.2) is 48.5 Å². The van der Waals surface area contributed by atoms with Crippen LogP contribution in [-0.4, -0.2) is 19.6 Å². The Morgan fingerprint density at radius 3 is 2.50 bits per heavy atom. The maximum atomic E-state index is 12.3. The van der Waals surface area contributed by atoms with E-state index in [9.17, 15) is 4.79 Å². The fourth-order valence-electron chi connectivity index (χ4n) is 3.00. The minimum absolute atomic E-state index is 0.156. The van der Waals surface area contributed by atoms with Gasteiger partial charge < -0.3 is 20.1 Å². The van der Waals surface area contributed by atoms with E-state index in [0.717, 1.165) is 25.9 Å². The summed E-state index contributed by atoms with van der Waals surface area (Å²) >= 11 is 14.4. The summed E-state index contributed by atoms with van der Waals surface area (Å²) in [5.74, 6) is 0.792. The fourth-order valence-corrected chi connectivity index (χ4v) is 4.18. The Labute approximate surface area is 211 Å². The largest absolute Gasteiger partial charge is 0.493 e. The summed E-state index contributed by atoms with van der Waals surface area (Å²) in [6, 6.07) is 15.0. The minimum atomic E-state index is -0.287. The Kier molecular flexibility index (Phi) is 8.51. The highest BCUT2D eigenvalue weighted by molar-refractivity contribution is 14.1. The minimum Gasteiger partial charge on any atom is -0.493 e. The van der Waals surface area contributed by atoms with Crippen LogP contribution in [0, 0.1) is 17.4 Å². The van der Waals surface area contributed by atoms with E-state index in [4.69, 9.17) is 32.7 Å². The van der Waals surface area contributed by atoms with Crippen molar-refractivity contribution in [1.82, 2.24) is 0 Å². The number of hydrogen-bond acceptors (Lipinski definition) is 4. The van der Waals surface area contributed by atoms with Gasteiger partial charge in [0.25, 0.3) is 5.91 Å². The third kappa shape index (κ3) is 6.43. The van der Waals surface area contributed by atoms with Gasteiger partial charge in [0, 0.05) is 28.0 Å². The number of halogens is 3. The van der Waals surface area contributed by atoms with Gasteiger partial charge in [-0.2, -0.15) is 0 Å². The lowest BCUT2D eigenvalue weighted by Gasteiger charge is -2.16. The number of anilines is 2. The van der Waals surface area contributed by atoms with Crippen molar-refractivity contribution in [3.63, 3.8) is 0 Å². The fraction of sp³-hybridized carbons (Fsp3) is 0.208. The number of nitrogens with one attached hydrogen (secondary N) is 2. The highest BCUT2D eigenvalue weighted by atomic mass is 127. The molecule has 168 valence electrons. The number of ether oxygens (including phenoxy) is 2. The monoisotopic (exact) mass is 584 g/mol. The number of carbonyl (C=O) groups is 1. The van der Waals surface area contributed by atoms with Crippen molar-refractivity contribution in [3.05, 3.63) is 78.8 Å². The molecule has 0 saturated carbocycles. The molecule has 0 bridgehead atoms. The molecule has 0 heterocycles. The molecule has 0 radical (unpaired) electrons. The van der Waals surface area contributed by atoms with Crippen LogP contribution in [0.3, 0.4) is 0 Å². The summed E-state index contributed by atoms with van der Waals surface area (Å²) in [5, 5.41) is 7.45. The van der Waals surface area contributed by atoms with Gasteiger partial charge in [-0.15, -0.1) is 0 Å². The molecule has 0 aliphatic heterocycles. The molecule has 0 aliphatic carbocycles. The summed E-state index contributed by atoms with van der Waals surface area (Å²) < 4.78 is 12.1. The normalized spacial score (nSPS) is 10.6. The molecule has 0 unspecified atom stereocenters. The molecular formula is C24H23Cl2IN2O3. The Hall–Kier alpha value is -2.16. The summed E-state index contributed by atoms with van der Waals surface area (Å²) in [6.45, 7) is 4.36. The van der Waals surface area contributed by atoms with Crippen molar-refractivity contribution in [2.24, 2.45) is 0 Å². The zero-order valence-electron chi connectivity index (χ0n) is 17.9. The first-order valence-electron chi connectivity index (χ1n) is 9.82. The van der Waals surface area contributed by atoms with Crippen LogP contribution in [-0.2, 0) is 11.3 Å². The van der Waals surface area contributed by atoms with Crippen molar-refractivity contribution >= 4 is 63.1 Å². The SMILES string of the molecule is COc1cc(CNc2cc(Cl)ccc2C)cc(I)c1OCC(=O)Nc1ccc(C)c(Cl)c1. The van der Waals surface area contributed by atoms with Gasteiger partial charge in [-0.25, -0.2) is 0 Å². The second-order valence-corrected chi connectivity index (χ2v) is 9.23. The summed E-state index contributed by atoms with van der Waals surface area (Å²) in [4.78, 5) is 12.3. The Morgan fingerprint density at radius 1 is 1.03 bits per heavy atom. The quantitative estimate of drug-likeness (QED) is 0.284. The van der Waals surface area contributed by atoms with Crippen LogP contribution in [0.1, 0.15) is 16.7 Å². The first-order valence-corrected chi connectivity index (χ1v) is 11.7. The topological polar surface area (TPSA) is 59.6 Å². The number of benzene rings is 3. The van der Waals surface area contributed by atoms with Crippen LogP contribution in [0.4, 0.5) is 11.4 Å².